The third kappa shape index (κ3) is 5.08. The first-order valence-corrected chi connectivity index (χ1v) is 24.0. The summed E-state index contributed by atoms with van der Waals surface area (Å²) in [7, 11) is 0. The van der Waals surface area contributed by atoms with Gasteiger partial charge in [-0.05, 0) is 139 Å². The maximum Gasteiger partial charge on any atom is 0.0735 e. The van der Waals surface area contributed by atoms with Crippen LogP contribution in [0.2, 0.25) is 0 Å². The molecule has 0 radical (unpaired) electrons. The van der Waals surface area contributed by atoms with E-state index in [0.29, 0.717) is 0 Å². The topological polar surface area (TPSA) is 3.24 Å². The fourth-order valence-corrected chi connectivity index (χ4v) is 14.2. The van der Waals surface area contributed by atoms with E-state index in [-0.39, 0.29) is 0 Å². The summed E-state index contributed by atoms with van der Waals surface area (Å²) in [5, 5.41) is 0. The first-order valence-electron chi connectivity index (χ1n) is 22.4. The fourth-order valence-electron chi connectivity index (χ4n) is 11.9. The van der Waals surface area contributed by atoms with Crippen molar-refractivity contribution in [3.63, 3.8) is 0 Å². The van der Waals surface area contributed by atoms with Gasteiger partial charge in [0.15, 0.2) is 0 Å². The van der Waals surface area contributed by atoms with E-state index in [4.69, 9.17) is 0 Å². The number of nitrogens with zero attached hydrogens (tertiary/aromatic N) is 1. The number of hydrogen-bond acceptors (Lipinski definition) is 3. The monoisotopic (exact) mass is 861 g/mol. The summed E-state index contributed by atoms with van der Waals surface area (Å²) in [6.45, 7) is 0. The van der Waals surface area contributed by atoms with E-state index >= 15 is 0 Å². The van der Waals surface area contributed by atoms with Crippen molar-refractivity contribution in [2.45, 2.75) is 30.4 Å². The molecule has 4 aliphatic rings. The molecule has 3 heteroatoms. The molecule has 0 amide bonds. The second-order valence-electron chi connectivity index (χ2n) is 17.5. The average Bonchev–Trinajstić information content (AvgIpc) is 3.82. The quantitative estimate of drug-likeness (QED) is 0.174. The van der Waals surface area contributed by atoms with Crippen LogP contribution in [0, 0.1) is 0 Å². The molecule has 65 heavy (non-hydrogen) atoms. The van der Waals surface area contributed by atoms with Crippen molar-refractivity contribution in [2.75, 3.05) is 4.90 Å². The summed E-state index contributed by atoms with van der Waals surface area (Å²) in [6.07, 6.45) is 0. The molecule has 0 N–H and O–H groups in total. The first kappa shape index (κ1) is 37.1. The fraction of sp³-hybridized carbons (Fsp3) is 0.0323. The summed E-state index contributed by atoms with van der Waals surface area (Å²) in [5.74, 6) is 0. The zero-order valence-corrected chi connectivity index (χ0v) is 36.9. The zero-order valence-electron chi connectivity index (χ0n) is 35.3. The van der Waals surface area contributed by atoms with Gasteiger partial charge in [-0.15, -0.1) is 0 Å². The van der Waals surface area contributed by atoms with Crippen LogP contribution in [0.4, 0.5) is 17.1 Å². The molecule has 0 fully saturated rings. The molecule has 2 spiro atoms. The van der Waals surface area contributed by atoms with E-state index < -0.39 is 10.8 Å². The van der Waals surface area contributed by atoms with Crippen molar-refractivity contribution in [1.82, 2.24) is 0 Å². The predicted octanol–water partition coefficient (Wildman–Crippen LogP) is 16.5. The molecule has 0 bridgehead atoms. The highest BCUT2D eigenvalue weighted by molar-refractivity contribution is 7.99. The highest BCUT2D eigenvalue weighted by atomic mass is 32.2. The molecule has 0 unspecified atom stereocenters. The Morgan fingerprint density at radius 2 is 0.569 bits per heavy atom. The summed E-state index contributed by atoms with van der Waals surface area (Å²) >= 11 is 3.78. The van der Waals surface area contributed by atoms with Gasteiger partial charge in [0.2, 0.25) is 0 Å². The van der Waals surface area contributed by atoms with Crippen LogP contribution in [0.1, 0.15) is 44.5 Å². The van der Waals surface area contributed by atoms with Crippen molar-refractivity contribution in [1.29, 1.82) is 0 Å². The minimum absolute atomic E-state index is 0.429. The Labute approximate surface area is 388 Å². The minimum atomic E-state index is -0.429. The van der Waals surface area contributed by atoms with Crippen LogP contribution < -0.4 is 4.90 Å². The van der Waals surface area contributed by atoms with Gasteiger partial charge >= 0.3 is 0 Å². The lowest BCUT2D eigenvalue weighted by molar-refractivity contribution is 0.722. The molecule has 0 aromatic heterocycles. The van der Waals surface area contributed by atoms with Crippen LogP contribution in [-0.4, -0.2) is 0 Å². The Hall–Kier alpha value is -7.30. The summed E-state index contributed by atoms with van der Waals surface area (Å²) in [5.41, 5.74) is 20.8. The predicted molar refractivity (Wildman–Crippen MR) is 269 cm³/mol. The molecule has 10 aromatic carbocycles. The molecule has 14 rings (SSSR count). The van der Waals surface area contributed by atoms with Crippen molar-refractivity contribution in [3.05, 3.63) is 281 Å². The molecule has 0 saturated carbocycles. The lowest BCUT2D eigenvalue weighted by atomic mass is 9.67. The van der Waals surface area contributed by atoms with Crippen LogP contribution >= 0.6 is 23.5 Å². The molecular weight excluding hydrogens is 823 g/mol. The van der Waals surface area contributed by atoms with Gasteiger partial charge in [0.05, 0.1) is 10.8 Å². The van der Waals surface area contributed by atoms with Crippen LogP contribution in [-0.2, 0) is 10.8 Å². The second kappa shape index (κ2) is 14.1. The third-order valence-electron chi connectivity index (χ3n) is 14.4. The molecule has 1 nitrogen and oxygen atoms in total. The Morgan fingerprint density at radius 3 is 1.00 bits per heavy atom. The number of hydrogen-bond donors (Lipinski definition) is 0. The Morgan fingerprint density at radius 1 is 0.246 bits per heavy atom. The van der Waals surface area contributed by atoms with Crippen molar-refractivity contribution < 1.29 is 0 Å². The Kier molecular flexibility index (Phi) is 8.05. The number of fused-ring (bicyclic) bond motifs is 18. The van der Waals surface area contributed by atoms with E-state index in [9.17, 15) is 0 Å². The van der Waals surface area contributed by atoms with E-state index in [1.54, 1.807) is 0 Å². The summed E-state index contributed by atoms with van der Waals surface area (Å²) in [6, 6.07) is 88.8. The van der Waals surface area contributed by atoms with Crippen molar-refractivity contribution in [3.8, 4) is 33.4 Å². The van der Waals surface area contributed by atoms with Gasteiger partial charge in [-0.1, -0.05) is 199 Å². The maximum absolute atomic E-state index is 2.48. The lowest BCUT2D eigenvalue weighted by Crippen LogP contribution is -2.32. The van der Waals surface area contributed by atoms with Crippen molar-refractivity contribution >= 4 is 40.6 Å². The van der Waals surface area contributed by atoms with E-state index in [0.717, 1.165) is 17.1 Å². The molecule has 2 heterocycles. The van der Waals surface area contributed by atoms with Gasteiger partial charge in [-0.25, -0.2) is 0 Å². The molecule has 2 aliphatic carbocycles. The SMILES string of the molecule is c1ccc(-c2ccc(N(c3ccc4c(c3)-c3ccccc3C43c4ccccc4Sc4ccccc43)c3ccc4c(c3)-c3ccccc3C43c4ccccc4Sc4ccccc43)cc2)cc1. The standard InChI is InChI=1S/C62H39NS2/c1-2-16-40(17-3-1)41-30-32-42(33-31-41)63(43-34-36-51-47(38-43)45-18-4-6-20-49(45)61(51)53-22-8-12-26-57(53)64-58-27-13-9-23-54(58)61)44-35-37-52-48(39-44)46-19-5-7-21-50(46)62(52)55-24-10-14-28-59(55)65-60-29-15-11-25-56(60)62/h1-39H. The van der Waals surface area contributed by atoms with Gasteiger partial charge in [0.1, 0.15) is 0 Å². The first-order chi connectivity index (χ1) is 32.2. The molecule has 2 aliphatic heterocycles. The number of rotatable bonds is 4. The van der Waals surface area contributed by atoms with E-state index in [1.807, 2.05) is 23.5 Å². The average molecular weight is 862 g/mol. The van der Waals surface area contributed by atoms with Crippen molar-refractivity contribution in [2.24, 2.45) is 0 Å². The van der Waals surface area contributed by atoms with Gasteiger partial charge in [-0.3, -0.25) is 0 Å². The van der Waals surface area contributed by atoms with Gasteiger partial charge in [0, 0.05) is 36.6 Å². The smallest absolute Gasteiger partial charge is 0.0735 e. The normalized spacial score (nSPS) is 14.6. The largest absolute Gasteiger partial charge is 0.310 e. The van der Waals surface area contributed by atoms with Crippen LogP contribution in [0.3, 0.4) is 0 Å². The van der Waals surface area contributed by atoms with Gasteiger partial charge < -0.3 is 4.90 Å². The molecule has 0 saturated heterocycles. The third-order valence-corrected chi connectivity index (χ3v) is 16.7. The van der Waals surface area contributed by atoms with Crippen LogP contribution in [0.15, 0.2) is 256 Å². The highest BCUT2D eigenvalue weighted by Crippen LogP contribution is 2.64. The van der Waals surface area contributed by atoms with Gasteiger partial charge in [-0.2, -0.15) is 0 Å². The molecule has 304 valence electrons. The Bertz CT molecular complexity index is 3280. The molecule has 10 aromatic rings. The summed E-state index contributed by atoms with van der Waals surface area (Å²) < 4.78 is 0. The minimum Gasteiger partial charge on any atom is -0.310 e. The number of anilines is 3. The van der Waals surface area contributed by atoms with Crippen LogP contribution in [0.5, 0.6) is 0 Å². The van der Waals surface area contributed by atoms with Crippen LogP contribution in [0.25, 0.3) is 33.4 Å². The van der Waals surface area contributed by atoms with E-state index in [2.05, 4.69) is 241 Å². The maximum atomic E-state index is 2.48. The lowest BCUT2D eigenvalue weighted by Gasteiger charge is -2.40. The zero-order chi connectivity index (χ0) is 42.7. The summed E-state index contributed by atoms with van der Waals surface area (Å²) in [4.78, 5) is 7.74. The second-order valence-corrected chi connectivity index (χ2v) is 19.7. The molecular formula is C62H39NS2. The number of benzene rings is 10. The van der Waals surface area contributed by atoms with Gasteiger partial charge in [0.25, 0.3) is 0 Å². The molecule has 0 atom stereocenters. The Balaban J connectivity index is 1.00. The van der Waals surface area contributed by atoms with E-state index in [1.165, 1.54) is 97.5 Å². The highest BCUT2D eigenvalue weighted by Gasteiger charge is 2.52.